The second-order valence-electron chi connectivity index (χ2n) is 8.68. The van der Waals surface area contributed by atoms with Gasteiger partial charge in [-0.3, -0.25) is 9.20 Å². The number of halogens is 2. The predicted molar refractivity (Wildman–Crippen MR) is 125 cm³/mol. The molecule has 1 fully saturated rings. The van der Waals surface area contributed by atoms with Crippen molar-refractivity contribution in [2.75, 3.05) is 38.5 Å². The second-order valence-corrected chi connectivity index (χ2v) is 8.68. The summed E-state index contributed by atoms with van der Waals surface area (Å²) in [6.07, 6.45) is 6.46. The van der Waals surface area contributed by atoms with Crippen molar-refractivity contribution >= 4 is 28.5 Å². The van der Waals surface area contributed by atoms with Crippen LogP contribution in [0.2, 0.25) is 0 Å². The molecule has 1 saturated heterocycles. The maximum absolute atomic E-state index is 12.5. The monoisotopic (exact) mass is 468 g/mol. The molecular formula is C23H26F2N8O. The first kappa shape index (κ1) is 22.2. The molecule has 0 aromatic carbocycles. The molecule has 9 nitrogen and oxygen atoms in total. The Morgan fingerprint density at radius 2 is 2.06 bits per heavy atom. The number of fused-ring (bicyclic) bond motifs is 2. The van der Waals surface area contributed by atoms with E-state index in [1.807, 2.05) is 12.3 Å². The second kappa shape index (κ2) is 9.34. The summed E-state index contributed by atoms with van der Waals surface area (Å²) in [5, 5.41) is 6.42. The van der Waals surface area contributed by atoms with E-state index in [1.54, 1.807) is 22.9 Å². The minimum Gasteiger partial charge on any atom is -0.354 e. The lowest BCUT2D eigenvalue weighted by Gasteiger charge is -2.28. The molecule has 4 aromatic rings. The van der Waals surface area contributed by atoms with Gasteiger partial charge < -0.3 is 20.5 Å². The van der Waals surface area contributed by atoms with Crippen molar-refractivity contribution in [3.63, 3.8) is 0 Å². The van der Waals surface area contributed by atoms with Crippen LogP contribution in [0, 0.1) is 5.92 Å². The molecule has 3 N–H and O–H groups in total. The van der Waals surface area contributed by atoms with Crippen LogP contribution in [-0.2, 0) is 0 Å². The van der Waals surface area contributed by atoms with Crippen molar-refractivity contribution in [2.45, 2.75) is 19.3 Å². The van der Waals surface area contributed by atoms with Gasteiger partial charge >= 0.3 is 0 Å². The number of amides is 1. The van der Waals surface area contributed by atoms with Crippen LogP contribution in [0.1, 0.15) is 23.3 Å². The Morgan fingerprint density at radius 3 is 2.85 bits per heavy atom. The van der Waals surface area contributed by atoms with E-state index in [0.29, 0.717) is 23.2 Å². The lowest BCUT2D eigenvalue weighted by molar-refractivity contribution is 0.0886. The average Bonchev–Trinajstić information content (AvgIpc) is 3.45. The molecule has 0 saturated carbocycles. The molecule has 4 aromatic heterocycles. The van der Waals surface area contributed by atoms with Gasteiger partial charge in [-0.2, -0.15) is 4.98 Å². The highest BCUT2D eigenvalue weighted by Crippen LogP contribution is 2.28. The van der Waals surface area contributed by atoms with E-state index in [2.05, 4.69) is 42.5 Å². The summed E-state index contributed by atoms with van der Waals surface area (Å²) < 4.78 is 26.5. The molecule has 1 amide bonds. The summed E-state index contributed by atoms with van der Waals surface area (Å²) in [6.45, 7) is 2.37. The zero-order chi connectivity index (χ0) is 23.7. The van der Waals surface area contributed by atoms with Gasteiger partial charge in [0.25, 0.3) is 12.3 Å². The van der Waals surface area contributed by atoms with Gasteiger partial charge in [0.15, 0.2) is 0 Å². The van der Waals surface area contributed by atoms with E-state index in [4.69, 9.17) is 0 Å². The number of nitrogens with zero attached hydrogens (tertiary/aromatic N) is 5. The van der Waals surface area contributed by atoms with E-state index in [1.165, 1.54) is 6.20 Å². The van der Waals surface area contributed by atoms with Gasteiger partial charge in [0.05, 0.1) is 12.7 Å². The van der Waals surface area contributed by atoms with Gasteiger partial charge in [-0.25, -0.2) is 18.7 Å². The number of hydrogen-bond acceptors (Lipinski definition) is 6. The number of hydrogen-bond donors (Lipinski definition) is 3. The number of rotatable bonds is 7. The number of alkyl halides is 2. The van der Waals surface area contributed by atoms with Crippen molar-refractivity contribution < 1.29 is 13.6 Å². The Morgan fingerprint density at radius 1 is 1.24 bits per heavy atom. The van der Waals surface area contributed by atoms with Crippen LogP contribution in [0.5, 0.6) is 0 Å². The highest BCUT2D eigenvalue weighted by molar-refractivity contribution is 5.95. The minimum atomic E-state index is -2.62. The van der Waals surface area contributed by atoms with Gasteiger partial charge in [0.2, 0.25) is 5.95 Å². The fraction of sp³-hybridized carbons (Fsp3) is 0.391. The SMILES string of the molecule is CN1CCC(CNc2ncc3c(-c4ccc5ncc(C(=O)NCC(F)F)n5c4)c[nH]c3n2)CC1. The summed E-state index contributed by atoms with van der Waals surface area (Å²) in [6, 6.07) is 3.66. The van der Waals surface area contributed by atoms with Crippen molar-refractivity contribution in [3.8, 4) is 11.1 Å². The highest BCUT2D eigenvalue weighted by Gasteiger charge is 2.18. The molecule has 0 radical (unpaired) electrons. The Balaban J connectivity index is 1.36. The zero-order valence-electron chi connectivity index (χ0n) is 18.8. The molecule has 11 heteroatoms. The first-order valence-electron chi connectivity index (χ1n) is 11.3. The first-order valence-corrected chi connectivity index (χ1v) is 11.3. The van der Waals surface area contributed by atoms with E-state index >= 15 is 0 Å². The van der Waals surface area contributed by atoms with Crippen molar-refractivity contribution in [3.05, 3.63) is 42.6 Å². The van der Waals surface area contributed by atoms with E-state index in [0.717, 1.165) is 49.0 Å². The molecule has 34 heavy (non-hydrogen) atoms. The normalized spacial score (nSPS) is 15.4. The van der Waals surface area contributed by atoms with E-state index < -0.39 is 18.9 Å². The molecule has 1 aliphatic heterocycles. The number of aromatic nitrogens is 5. The van der Waals surface area contributed by atoms with Crippen LogP contribution in [0.15, 0.2) is 36.9 Å². The third-order valence-electron chi connectivity index (χ3n) is 6.29. The minimum absolute atomic E-state index is 0.189. The van der Waals surface area contributed by atoms with Gasteiger partial charge in [0.1, 0.15) is 17.0 Å². The van der Waals surface area contributed by atoms with Gasteiger partial charge in [0, 0.05) is 41.6 Å². The molecule has 0 spiro atoms. The number of carbonyl (C=O) groups excluding carboxylic acids is 1. The summed E-state index contributed by atoms with van der Waals surface area (Å²) in [4.78, 5) is 31.2. The van der Waals surface area contributed by atoms with Crippen LogP contribution < -0.4 is 10.6 Å². The van der Waals surface area contributed by atoms with Crippen LogP contribution >= 0.6 is 0 Å². The Hall–Kier alpha value is -3.60. The number of aromatic amines is 1. The number of piperidine rings is 1. The number of nitrogens with one attached hydrogen (secondary N) is 3. The highest BCUT2D eigenvalue weighted by atomic mass is 19.3. The van der Waals surface area contributed by atoms with Crippen molar-refractivity contribution in [2.24, 2.45) is 5.92 Å². The molecule has 5 rings (SSSR count). The Labute approximate surface area is 194 Å². The fourth-order valence-electron chi connectivity index (χ4n) is 4.30. The molecular weight excluding hydrogens is 442 g/mol. The topological polar surface area (TPSA) is 103 Å². The summed E-state index contributed by atoms with van der Waals surface area (Å²) >= 11 is 0. The van der Waals surface area contributed by atoms with Crippen LogP contribution in [0.4, 0.5) is 14.7 Å². The number of pyridine rings is 1. The molecule has 0 unspecified atom stereocenters. The number of anilines is 1. The number of carbonyl (C=O) groups is 1. The maximum Gasteiger partial charge on any atom is 0.270 e. The number of H-pyrrole nitrogens is 1. The lowest BCUT2D eigenvalue weighted by atomic mass is 9.97. The summed E-state index contributed by atoms with van der Waals surface area (Å²) in [5.74, 6) is 0.596. The van der Waals surface area contributed by atoms with Gasteiger partial charge in [-0.05, 0) is 51.0 Å². The first-order chi connectivity index (χ1) is 16.5. The van der Waals surface area contributed by atoms with Gasteiger partial charge in [-0.15, -0.1) is 0 Å². The number of imidazole rings is 1. The molecule has 5 heterocycles. The Kier molecular flexibility index (Phi) is 6.10. The maximum atomic E-state index is 12.5. The smallest absolute Gasteiger partial charge is 0.270 e. The lowest BCUT2D eigenvalue weighted by Crippen LogP contribution is -2.33. The van der Waals surface area contributed by atoms with E-state index in [-0.39, 0.29) is 5.69 Å². The van der Waals surface area contributed by atoms with Crippen LogP contribution in [0.3, 0.4) is 0 Å². The number of likely N-dealkylation sites (tertiary alicyclic amines) is 1. The Bertz CT molecular complexity index is 1310. The van der Waals surface area contributed by atoms with E-state index in [9.17, 15) is 13.6 Å². The third kappa shape index (κ3) is 4.56. The molecule has 0 atom stereocenters. The van der Waals surface area contributed by atoms with Crippen molar-refractivity contribution in [1.82, 2.24) is 34.6 Å². The molecule has 0 bridgehead atoms. The van der Waals surface area contributed by atoms with Gasteiger partial charge in [-0.1, -0.05) is 0 Å². The standard InChI is InChI=1S/C23H26F2N8O/c1-32-6-4-14(5-7-32)8-29-23-30-10-17-16(9-27-21(17)31-23)15-2-3-20-26-11-18(33(20)13-15)22(34)28-12-19(24)25/h2-3,9-11,13-14,19H,4-8,12H2,1H3,(H,28,34)(H2,27,29,30,31). The van der Waals surface area contributed by atoms with Crippen LogP contribution in [-0.4, -0.2) is 74.8 Å². The zero-order valence-corrected chi connectivity index (χ0v) is 18.8. The third-order valence-corrected chi connectivity index (χ3v) is 6.29. The van der Waals surface area contributed by atoms with Crippen LogP contribution in [0.25, 0.3) is 27.8 Å². The molecule has 1 aliphatic rings. The summed E-state index contributed by atoms with van der Waals surface area (Å²) in [7, 11) is 2.15. The summed E-state index contributed by atoms with van der Waals surface area (Å²) in [5.41, 5.74) is 3.12. The average molecular weight is 469 g/mol. The van der Waals surface area contributed by atoms with Crippen molar-refractivity contribution in [1.29, 1.82) is 0 Å². The quantitative estimate of drug-likeness (QED) is 0.385. The predicted octanol–water partition coefficient (Wildman–Crippen LogP) is 3.02. The fourth-order valence-corrected chi connectivity index (χ4v) is 4.30. The molecule has 178 valence electrons. The largest absolute Gasteiger partial charge is 0.354 e. The molecule has 0 aliphatic carbocycles.